The highest BCUT2D eigenvalue weighted by molar-refractivity contribution is 6.05. The van der Waals surface area contributed by atoms with E-state index in [9.17, 15) is 0 Å². The molecule has 1 aromatic heterocycles. The van der Waals surface area contributed by atoms with Crippen LogP contribution in [0.4, 0.5) is 0 Å². The molecule has 0 saturated carbocycles. The van der Waals surface area contributed by atoms with Gasteiger partial charge in [-0.1, -0.05) is 243 Å². The van der Waals surface area contributed by atoms with Gasteiger partial charge in [-0.2, -0.15) is 0 Å². The van der Waals surface area contributed by atoms with Gasteiger partial charge in [-0.25, -0.2) is 9.97 Å². The molecule has 0 aliphatic heterocycles. The number of rotatable bonds is 9. The Bertz CT molecular complexity index is 3860. The zero-order valence-electron chi connectivity index (χ0n) is 39.0. The molecular weight excluding hydrogens is 857 g/mol. The zero-order valence-corrected chi connectivity index (χ0v) is 39.0. The topological polar surface area (TPSA) is 25.8 Å². The fourth-order valence-corrected chi connectivity index (χ4v) is 11.1. The summed E-state index contributed by atoms with van der Waals surface area (Å²) < 4.78 is 0. The third-order valence-corrected chi connectivity index (χ3v) is 14.4. The van der Waals surface area contributed by atoms with Crippen LogP contribution in [0.15, 0.2) is 279 Å². The molecule has 2 heteroatoms. The lowest BCUT2D eigenvalue weighted by atomic mass is 9.67. The summed E-state index contributed by atoms with van der Waals surface area (Å²) >= 11 is 0. The first-order chi connectivity index (χ1) is 35.2. The quantitative estimate of drug-likeness (QED) is 0.144. The van der Waals surface area contributed by atoms with Crippen LogP contribution in [-0.4, -0.2) is 9.97 Å². The predicted molar refractivity (Wildman–Crippen MR) is 295 cm³/mol. The Morgan fingerprint density at radius 2 is 0.662 bits per heavy atom. The zero-order chi connectivity index (χ0) is 47.1. The van der Waals surface area contributed by atoms with Crippen molar-refractivity contribution in [2.75, 3.05) is 0 Å². The molecule has 1 heterocycles. The van der Waals surface area contributed by atoms with Crippen LogP contribution in [0.3, 0.4) is 0 Å². The predicted octanol–water partition coefficient (Wildman–Crippen LogP) is 17.7. The Balaban J connectivity index is 0.988. The van der Waals surface area contributed by atoms with Crippen molar-refractivity contribution < 1.29 is 0 Å². The summed E-state index contributed by atoms with van der Waals surface area (Å²) in [7, 11) is 0. The van der Waals surface area contributed by atoms with Gasteiger partial charge in [0.1, 0.15) is 0 Å². The Kier molecular flexibility index (Phi) is 10.4. The van der Waals surface area contributed by atoms with Crippen molar-refractivity contribution in [3.63, 3.8) is 0 Å². The standard InChI is InChI=1S/C69H46N2/c1-6-21-47(22-7-1)50-27-20-28-52(41-50)66-46-67(71-68(70-66)49-25-10-3-11-26-49)63-40-39-58(59-33-16-17-34-60(59)63)55-43-53(48-23-8-2-9-24-48)42-54(44-55)51-37-38-62-61-35-18-19-36-64(61)69(65(62)45-51,56-29-12-4-13-30-56)57-31-14-5-15-32-57/h1-46H. The van der Waals surface area contributed by atoms with Gasteiger partial charge in [0, 0.05) is 16.7 Å². The van der Waals surface area contributed by atoms with Crippen LogP contribution in [-0.2, 0) is 5.41 Å². The molecule has 12 aromatic rings. The second-order valence-electron chi connectivity index (χ2n) is 18.4. The van der Waals surface area contributed by atoms with Crippen LogP contribution in [0, 0.1) is 0 Å². The minimum atomic E-state index is -0.498. The van der Waals surface area contributed by atoms with Crippen molar-refractivity contribution in [2.45, 2.75) is 5.41 Å². The Labute approximate surface area is 414 Å². The number of nitrogens with zero attached hydrogens (tertiary/aromatic N) is 2. The third-order valence-electron chi connectivity index (χ3n) is 14.4. The van der Waals surface area contributed by atoms with E-state index in [-0.39, 0.29) is 0 Å². The number of benzene rings is 11. The molecule has 2 nitrogen and oxygen atoms in total. The fourth-order valence-electron chi connectivity index (χ4n) is 11.1. The molecule has 13 rings (SSSR count). The van der Waals surface area contributed by atoms with Gasteiger partial charge >= 0.3 is 0 Å². The molecule has 1 aliphatic carbocycles. The first kappa shape index (κ1) is 41.9. The summed E-state index contributed by atoms with van der Waals surface area (Å²) in [5.41, 5.74) is 21.3. The van der Waals surface area contributed by atoms with E-state index in [0.717, 1.165) is 66.7 Å². The molecule has 0 spiro atoms. The molecule has 0 bridgehead atoms. The second kappa shape index (κ2) is 17.7. The van der Waals surface area contributed by atoms with Gasteiger partial charge in [-0.3, -0.25) is 0 Å². The van der Waals surface area contributed by atoms with Crippen LogP contribution in [0.25, 0.3) is 100 Å². The highest BCUT2D eigenvalue weighted by Crippen LogP contribution is 2.57. The molecule has 0 N–H and O–H groups in total. The summed E-state index contributed by atoms with van der Waals surface area (Å²) in [5, 5.41) is 2.29. The smallest absolute Gasteiger partial charge is 0.160 e. The minimum absolute atomic E-state index is 0.498. The van der Waals surface area contributed by atoms with E-state index in [4.69, 9.17) is 9.97 Å². The lowest BCUT2D eigenvalue weighted by Crippen LogP contribution is -2.28. The van der Waals surface area contributed by atoms with Crippen molar-refractivity contribution in [1.29, 1.82) is 0 Å². The van der Waals surface area contributed by atoms with E-state index < -0.39 is 5.41 Å². The van der Waals surface area contributed by atoms with E-state index in [1.54, 1.807) is 0 Å². The average Bonchev–Trinajstić information content (AvgIpc) is 3.77. The van der Waals surface area contributed by atoms with E-state index in [1.807, 2.05) is 18.2 Å². The Morgan fingerprint density at radius 3 is 1.34 bits per heavy atom. The summed E-state index contributed by atoms with van der Waals surface area (Å²) in [6, 6.07) is 101. The molecule has 0 amide bonds. The molecule has 0 fully saturated rings. The molecule has 71 heavy (non-hydrogen) atoms. The van der Waals surface area contributed by atoms with Gasteiger partial charge in [0.15, 0.2) is 5.82 Å². The van der Waals surface area contributed by atoms with E-state index in [1.165, 1.54) is 50.1 Å². The summed E-state index contributed by atoms with van der Waals surface area (Å²) in [6.07, 6.45) is 0. The number of hydrogen-bond acceptors (Lipinski definition) is 2. The van der Waals surface area contributed by atoms with Gasteiger partial charge in [-0.05, 0) is 125 Å². The Morgan fingerprint density at radius 1 is 0.225 bits per heavy atom. The van der Waals surface area contributed by atoms with Crippen LogP contribution < -0.4 is 0 Å². The lowest BCUT2D eigenvalue weighted by Gasteiger charge is -2.34. The van der Waals surface area contributed by atoms with Crippen molar-refractivity contribution in [3.8, 4) is 89.5 Å². The highest BCUT2D eigenvalue weighted by atomic mass is 14.9. The molecular formula is C69H46N2. The van der Waals surface area contributed by atoms with Crippen LogP contribution in [0.5, 0.6) is 0 Å². The molecule has 0 radical (unpaired) electrons. The number of hydrogen-bond donors (Lipinski definition) is 0. The number of aromatic nitrogens is 2. The van der Waals surface area contributed by atoms with Crippen LogP contribution in [0.1, 0.15) is 22.3 Å². The minimum Gasteiger partial charge on any atom is -0.228 e. The van der Waals surface area contributed by atoms with Crippen molar-refractivity contribution in [1.82, 2.24) is 9.97 Å². The first-order valence-electron chi connectivity index (χ1n) is 24.4. The van der Waals surface area contributed by atoms with Gasteiger partial charge in [0.2, 0.25) is 0 Å². The summed E-state index contributed by atoms with van der Waals surface area (Å²) in [4.78, 5) is 10.5. The summed E-state index contributed by atoms with van der Waals surface area (Å²) in [5.74, 6) is 0.692. The highest BCUT2D eigenvalue weighted by Gasteiger charge is 2.46. The monoisotopic (exact) mass is 902 g/mol. The van der Waals surface area contributed by atoms with Crippen LogP contribution in [0.2, 0.25) is 0 Å². The van der Waals surface area contributed by atoms with E-state index in [2.05, 4.69) is 261 Å². The first-order valence-corrected chi connectivity index (χ1v) is 24.4. The van der Waals surface area contributed by atoms with Gasteiger partial charge in [-0.15, -0.1) is 0 Å². The third kappa shape index (κ3) is 7.37. The normalized spacial score (nSPS) is 12.3. The van der Waals surface area contributed by atoms with Gasteiger partial charge in [0.05, 0.1) is 16.8 Å². The van der Waals surface area contributed by atoms with Crippen molar-refractivity contribution >= 4 is 10.8 Å². The van der Waals surface area contributed by atoms with Gasteiger partial charge < -0.3 is 0 Å². The lowest BCUT2D eigenvalue weighted by molar-refractivity contribution is 0.769. The van der Waals surface area contributed by atoms with Gasteiger partial charge in [0.25, 0.3) is 0 Å². The molecule has 0 saturated heterocycles. The van der Waals surface area contributed by atoms with Crippen LogP contribution >= 0.6 is 0 Å². The fraction of sp³-hybridized carbons (Fsp3) is 0.0145. The average molecular weight is 903 g/mol. The van der Waals surface area contributed by atoms with Crippen molar-refractivity contribution in [3.05, 3.63) is 301 Å². The second-order valence-corrected chi connectivity index (χ2v) is 18.4. The number of fused-ring (bicyclic) bond motifs is 4. The van der Waals surface area contributed by atoms with Crippen molar-refractivity contribution in [2.24, 2.45) is 0 Å². The molecule has 0 atom stereocenters. The molecule has 0 unspecified atom stereocenters. The Hall–Kier alpha value is -9.24. The molecule has 1 aliphatic rings. The largest absolute Gasteiger partial charge is 0.228 e. The molecule has 332 valence electrons. The maximum atomic E-state index is 5.33. The maximum absolute atomic E-state index is 5.33. The van der Waals surface area contributed by atoms with E-state index >= 15 is 0 Å². The SMILES string of the molecule is c1ccc(-c2cccc(-c3cc(-c4ccc(-c5cc(-c6ccccc6)cc(-c6ccc7c(c6)C(c6ccccc6)(c6ccccc6)c6ccccc6-7)c5)c5ccccc45)nc(-c4ccccc4)n3)c2)cc1. The van der Waals surface area contributed by atoms with E-state index in [0.29, 0.717) is 5.82 Å². The molecule has 11 aromatic carbocycles. The maximum Gasteiger partial charge on any atom is 0.160 e. The summed E-state index contributed by atoms with van der Waals surface area (Å²) in [6.45, 7) is 0.